The van der Waals surface area contributed by atoms with E-state index in [0.29, 0.717) is 6.04 Å². The van der Waals surface area contributed by atoms with Crippen molar-refractivity contribution < 1.29 is 0 Å². The number of piperidine rings is 1. The molecule has 0 atom stereocenters. The Labute approximate surface area is 95.5 Å². The molecule has 2 heterocycles. The minimum Gasteiger partial charge on any atom is -0.327 e. The SMILES string of the molecule is Cc1ccc2ncn(C3CCNCC3)c2c1. The second-order valence-electron chi connectivity index (χ2n) is 4.63. The lowest BCUT2D eigenvalue weighted by Crippen LogP contribution is -2.29. The molecule has 0 aliphatic carbocycles. The first-order chi connectivity index (χ1) is 7.84. The van der Waals surface area contributed by atoms with E-state index in [1.54, 1.807) is 0 Å². The summed E-state index contributed by atoms with van der Waals surface area (Å²) in [5.41, 5.74) is 3.71. The first-order valence-electron chi connectivity index (χ1n) is 5.98. The normalized spacial score (nSPS) is 18.1. The van der Waals surface area contributed by atoms with Crippen LogP contribution in [0.1, 0.15) is 24.4 Å². The van der Waals surface area contributed by atoms with Crippen LogP contribution in [-0.4, -0.2) is 22.6 Å². The van der Waals surface area contributed by atoms with Crippen LogP contribution in [0.25, 0.3) is 11.0 Å². The lowest BCUT2D eigenvalue weighted by molar-refractivity contribution is 0.374. The number of imidazole rings is 1. The van der Waals surface area contributed by atoms with Gasteiger partial charge in [-0.25, -0.2) is 4.98 Å². The van der Waals surface area contributed by atoms with Gasteiger partial charge in [0.25, 0.3) is 0 Å². The van der Waals surface area contributed by atoms with E-state index in [1.165, 1.54) is 23.9 Å². The highest BCUT2D eigenvalue weighted by atomic mass is 15.1. The number of rotatable bonds is 1. The van der Waals surface area contributed by atoms with Crippen molar-refractivity contribution in [2.45, 2.75) is 25.8 Å². The zero-order chi connectivity index (χ0) is 11.0. The van der Waals surface area contributed by atoms with Crippen LogP contribution < -0.4 is 5.32 Å². The van der Waals surface area contributed by atoms with Gasteiger partial charge in [0.2, 0.25) is 0 Å². The lowest BCUT2D eigenvalue weighted by atomic mass is 10.1. The fraction of sp³-hybridized carbons (Fsp3) is 0.462. The average Bonchev–Trinajstić information content (AvgIpc) is 2.73. The van der Waals surface area contributed by atoms with Crippen LogP contribution in [0.3, 0.4) is 0 Å². The van der Waals surface area contributed by atoms with Crippen LogP contribution in [0.15, 0.2) is 24.5 Å². The Balaban J connectivity index is 2.05. The Morgan fingerprint density at radius 1 is 1.31 bits per heavy atom. The van der Waals surface area contributed by atoms with Crippen molar-refractivity contribution in [3.05, 3.63) is 30.1 Å². The van der Waals surface area contributed by atoms with Gasteiger partial charge in [-0.05, 0) is 50.6 Å². The van der Waals surface area contributed by atoms with Crippen LogP contribution >= 0.6 is 0 Å². The molecule has 1 aliphatic rings. The maximum Gasteiger partial charge on any atom is 0.0960 e. The molecule has 1 aliphatic heterocycles. The minimum absolute atomic E-state index is 0.619. The molecule has 1 saturated heterocycles. The Morgan fingerprint density at radius 3 is 2.94 bits per heavy atom. The van der Waals surface area contributed by atoms with Gasteiger partial charge >= 0.3 is 0 Å². The molecule has 3 rings (SSSR count). The topological polar surface area (TPSA) is 29.9 Å². The summed E-state index contributed by atoms with van der Waals surface area (Å²) >= 11 is 0. The number of hydrogen-bond acceptors (Lipinski definition) is 2. The monoisotopic (exact) mass is 215 g/mol. The second-order valence-corrected chi connectivity index (χ2v) is 4.63. The molecule has 1 N–H and O–H groups in total. The maximum atomic E-state index is 4.48. The standard InChI is InChI=1S/C13H17N3/c1-10-2-3-12-13(8-10)16(9-15-12)11-4-6-14-7-5-11/h2-3,8-9,11,14H,4-7H2,1H3. The molecular weight excluding hydrogens is 198 g/mol. The zero-order valence-corrected chi connectivity index (χ0v) is 9.61. The van der Waals surface area contributed by atoms with Crippen molar-refractivity contribution in [1.29, 1.82) is 0 Å². The third-order valence-corrected chi connectivity index (χ3v) is 3.43. The van der Waals surface area contributed by atoms with Gasteiger partial charge in [0, 0.05) is 6.04 Å². The molecule has 1 aromatic carbocycles. The van der Waals surface area contributed by atoms with Crippen molar-refractivity contribution in [2.75, 3.05) is 13.1 Å². The number of aromatic nitrogens is 2. The van der Waals surface area contributed by atoms with E-state index in [4.69, 9.17) is 0 Å². The van der Waals surface area contributed by atoms with Crippen molar-refractivity contribution >= 4 is 11.0 Å². The lowest BCUT2D eigenvalue weighted by Gasteiger charge is -2.24. The highest BCUT2D eigenvalue weighted by molar-refractivity contribution is 5.76. The third-order valence-electron chi connectivity index (χ3n) is 3.43. The van der Waals surface area contributed by atoms with E-state index in [1.807, 2.05) is 6.33 Å². The average molecular weight is 215 g/mol. The maximum absolute atomic E-state index is 4.48. The van der Waals surface area contributed by atoms with E-state index >= 15 is 0 Å². The minimum atomic E-state index is 0.619. The fourth-order valence-corrected chi connectivity index (χ4v) is 2.51. The van der Waals surface area contributed by atoms with E-state index in [2.05, 4.69) is 40.0 Å². The first kappa shape index (κ1) is 9.85. The number of aryl methyl sites for hydroxylation is 1. The molecule has 2 aromatic rings. The highest BCUT2D eigenvalue weighted by Crippen LogP contribution is 2.24. The Morgan fingerprint density at radius 2 is 2.12 bits per heavy atom. The Hall–Kier alpha value is -1.35. The van der Waals surface area contributed by atoms with Crippen molar-refractivity contribution in [1.82, 2.24) is 14.9 Å². The Bertz CT molecular complexity index is 495. The largest absolute Gasteiger partial charge is 0.327 e. The smallest absolute Gasteiger partial charge is 0.0960 e. The van der Waals surface area contributed by atoms with E-state index in [-0.39, 0.29) is 0 Å². The fourth-order valence-electron chi connectivity index (χ4n) is 2.51. The third kappa shape index (κ3) is 1.61. The van der Waals surface area contributed by atoms with Crippen molar-refractivity contribution in [3.8, 4) is 0 Å². The molecule has 0 amide bonds. The van der Waals surface area contributed by atoms with Gasteiger partial charge in [-0.15, -0.1) is 0 Å². The van der Waals surface area contributed by atoms with Crippen LogP contribution in [0.4, 0.5) is 0 Å². The summed E-state index contributed by atoms with van der Waals surface area (Å²) in [4.78, 5) is 4.48. The molecule has 0 spiro atoms. The molecule has 0 bridgehead atoms. The summed E-state index contributed by atoms with van der Waals surface area (Å²) in [7, 11) is 0. The molecule has 1 aromatic heterocycles. The van der Waals surface area contributed by atoms with Crippen LogP contribution in [0.5, 0.6) is 0 Å². The number of nitrogens with zero attached hydrogens (tertiary/aromatic N) is 2. The summed E-state index contributed by atoms with van der Waals surface area (Å²) in [6.45, 7) is 4.38. The second kappa shape index (κ2) is 3.91. The quantitative estimate of drug-likeness (QED) is 0.791. The molecule has 0 saturated carbocycles. The summed E-state index contributed by atoms with van der Waals surface area (Å²) in [6, 6.07) is 7.10. The van der Waals surface area contributed by atoms with Crippen molar-refractivity contribution in [3.63, 3.8) is 0 Å². The van der Waals surface area contributed by atoms with Gasteiger partial charge in [0.05, 0.1) is 17.4 Å². The number of nitrogens with one attached hydrogen (secondary N) is 1. The van der Waals surface area contributed by atoms with Gasteiger partial charge < -0.3 is 9.88 Å². The predicted octanol–water partition coefficient (Wildman–Crippen LogP) is 2.27. The van der Waals surface area contributed by atoms with Gasteiger partial charge in [-0.2, -0.15) is 0 Å². The first-order valence-corrected chi connectivity index (χ1v) is 5.98. The summed E-state index contributed by atoms with van der Waals surface area (Å²) in [5, 5.41) is 3.40. The van der Waals surface area contributed by atoms with Crippen LogP contribution in [0.2, 0.25) is 0 Å². The van der Waals surface area contributed by atoms with E-state index in [9.17, 15) is 0 Å². The summed E-state index contributed by atoms with van der Waals surface area (Å²) < 4.78 is 2.35. The summed E-state index contributed by atoms with van der Waals surface area (Å²) in [5.74, 6) is 0. The zero-order valence-electron chi connectivity index (χ0n) is 9.61. The van der Waals surface area contributed by atoms with Gasteiger partial charge in [0.15, 0.2) is 0 Å². The van der Waals surface area contributed by atoms with Crippen LogP contribution in [0, 0.1) is 6.92 Å². The van der Waals surface area contributed by atoms with Gasteiger partial charge in [-0.3, -0.25) is 0 Å². The highest BCUT2D eigenvalue weighted by Gasteiger charge is 2.16. The molecule has 0 unspecified atom stereocenters. The molecule has 1 fully saturated rings. The Kier molecular flexibility index (Phi) is 2.40. The molecule has 0 radical (unpaired) electrons. The van der Waals surface area contributed by atoms with Gasteiger partial charge in [0.1, 0.15) is 0 Å². The molecular formula is C13H17N3. The molecule has 16 heavy (non-hydrogen) atoms. The van der Waals surface area contributed by atoms with E-state index < -0.39 is 0 Å². The van der Waals surface area contributed by atoms with Crippen LogP contribution in [-0.2, 0) is 0 Å². The van der Waals surface area contributed by atoms with Crippen molar-refractivity contribution in [2.24, 2.45) is 0 Å². The molecule has 3 heteroatoms. The van der Waals surface area contributed by atoms with Gasteiger partial charge in [-0.1, -0.05) is 6.07 Å². The molecule has 84 valence electrons. The predicted molar refractivity (Wildman–Crippen MR) is 65.6 cm³/mol. The summed E-state index contributed by atoms with van der Waals surface area (Å²) in [6.07, 6.45) is 4.42. The number of fused-ring (bicyclic) bond motifs is 1. The number of benzene rings is 1. The molecule has 3 nitrogen and oxygen atoms in total. The van der Waals surface area contributed by atoms with E-state index in [0.717, 1.165) is 18.6 Å². The number of hydrogen-bond donors (Lipinski definition) is 1.